The molecule has 0 saturated carbocycles. The fourth-order valence-electron chi connectivity index (χ4n) is 1.52. The second-order valence-corrected chi connectivity index (χ2v) is 6.07. The van der Waals surface area contributed by atoms with Crippen molar-refractivity contribution in [1.29, 1.82) is 0 Å². The van der Waals surface area contributed by atoms with E-state index in [9.17, 15) is 19.8 Å². The summed E-state index contributed by atoms with van der Waals surface area (Å²) < 4.78 is 0. The number of carbonyl (C=O) groups is 2. The van der Waals surface area contributed by atoms with Gasteiger partial charge in [0.1, 0.15) is 6.17 Å². The van der Waals surface area contributed by atoms with E-state index in [4.69, 9.17) is 0 Å². The summed E-state index contributed by atoms with van der Waals surface area (Å²) in [4.78, 5) is 23.2. The number of hydrogen-bond acceptors (Lipinski definition) is 4. The van der Waals surface area contributed by atoms with Gasteiger partial charge in [0, 0.05) is 0 Å². The van der Waals surface area contributed by atoms with Crippen molar-refractivity contribution in [2.75, 3.05) is 0 Å². The Balaban J connectivity index is 4.29. The van der Waals surface area contributed by atoms with Crippen molar-refractivity contribution >= 4 is 11.8 Å². The van der Waals surface area contributed by atoms with Crippen LogP contribution in [-0.2, 0) is 9.59 Å². The highest BCUT2D eigenvalue weighted by atomic mass is 16.3. The lowest BCUT2D eigenvalue weighted by Gasteiger charge is -2.23. The predicted molar refractivity (Wildman–Crippen MR) is 72.2 cm³/mol. The third kappa shape index (κ3) is 10.5. The SMILES string of the molecule is CCC(NC(=O)CC(C)(C)O)NC(=O)CC(C)(C)O. The van der Waals surface area contributed by atoms with Gasteiger partial charge in [0.05, 0.1) is 24.0 Å². The molecule has 0 aliphatic heterocycles. The molecule has 0 aromatic rings. The standard InChI is InChI=1S/C13H26N2O4/c1-6-9(14-10(16)7-12(2,3)18)15-11(17)8-13(4,5)19/h9,18-19H,6-8H2,1-5H3,(H,14,16)(H,15,17). The van der Waals surface area contributed by atoms with Gasteiger partial charge in [0.15, 0.2) is 0 Å². The maximum absolute atomic E-state index is 11.6. The molecule has 0 rings (SSSR count). The van der Waals surface area contributed by atoms with Crippen molar-refractivity contribution < 1.29 is 19.8 Å². The highest BCUT2D eigenvalue weighted by Gasteiger charge is 2.22. The Hall–Kier alpha value is -1.14. The molecule has 0 saturated heterocycles. The first kappa shape index (κ1) is 17.9. The van der Waals surface area contributed by atoms with E-state index in [0.717, 1.165) is 0 Å². The maximum atomic E-state index is 11.6. The Kier molecular flexibility index (Phi) is 6.45. The van der Waals surface area contributed by atoms with Crippen LogP contribution in [0, 0.1) is 0 Å². The second kappa shape index (κ2) is 6.86. The monoisotopic (exact) mass is 274 g/mol. The van der Waals surface area contributed by atoms with Crippen LogP contribution in [-0.4, -0.2) is 39.4 Å². The van der Waals surface area contributed by atoms with E-state index >= 15 is 0 Å². The van der Waals surface area contributed by atoms with Crippen molar-refractivity contribution in [2.45, 2.75) is 71.2 Å². The minimum Gasteiger partial charge on any atom is -0.390 e. The molecule has 0 aromatic carbocycles. The summed E-state index contributed by atoms with van der Waals surface area (Å²) in [5.41, 5.74) is -2.17. The molecule has 6 nitrogen and oxygen atoms in total. The zero-order chi connectivity index (χ0) is 15.3. The Bertz CT molecular complexity index is 286. The van der Waals surface area contributed by atoms with Gasteiger partial charge in [-0.05, 0) is 34.1 Å². The summed E-state index contributed by atoms with van der Waals surface area (Å²) in [6, 6.07) is 0. The normalized spacial score (nSPS) is 12.4. The van der Waals surface area contributed by atoms with Crippen LogP contribution < -0.4 is 10.6 Å². The van der Waals surface area contributed by atoms with Crippen LogP contribution in [0.3, 0.4) is 0 Å². The van der Waals surface area contributed by atoms with Gasteiger partial charge in [-0.25, -0.2) is 0 Å². The molecule has 0 heterocycles. The van der Waals surface area contributed by atoms with Crippen LogP contribution in [0.1, 0.15) is 53.9 Å². The minimum atomic E-state index is -1.08. The summed E-state index contributed by atoms with van der Waals surface area (Å²) in [7, 11) is 0. The third-order valence-electron chi connectivity index (χ3n) is 2.27. The van der Waals surface area contributed by atoms with Gasteiger partial charge >= 0.3 is 0 Å². The lowest BCUT2D eigenvalue weighted by atomic mass is 10.0. The molecule has 0 bridgehead atoms. The number of nitrogens with one attached hydrogen (secondary N) is 2. The van der Waals surface area contributed by atoms with Crippen molar-refractivity contribution in [3.05, 3.63) is 0 Å². The van der Waals surface area contributed by atoms with Gasteiger partial charge < -0.3 is 20.8 Å². The molecule has 4 N–H and O–H groups in total. The first-order valence-electron chi connectivity index (χ1n) is 6.46. The first-order chi connectivity index (χ1) is 8.43. The smallest absolute Gasteiger partial charge is 0.224 e. The summed E-state index contributed by atoms with van der Waals surface area (Å²) >= 11 is 0. The highest BCUT2D eigenvalue weighted by molar-refractivity contribution is 5.80. The lowest BCUT2D eigenvalue weighted by molar-refractivity contribution is -0.128. The van der Waals surface area contributed by atoms with Crippen molar-refractivity contribution in [1.82, 2.24) is 10.6 Å². The first-order valence-corrected chi connectivity index (χ1v) is 6.46. The fraction of sp³-hybridized carbons (Fsp3) is 0.846. The maximum Gasteiger partial charge on any atom is 0.224 e. The molecule has 2 amide bonds. The molecule has 0 aliphatic rings. The molecule has 19 heavy (non-hydrogen) atoms. The summed E-state index contributed by atoms with van der Waals surface area (Å²) in [6.45, 7) is 7.99. The van der Waals surface area contributed by atoms with Crippen LogP contribution in [0.5, 0.6) is 0 Å². The van der Waals surface area contributed by atoms with Crippen LogP contribution in [0.2, 0.25) is 0 Å². The molecular formula is C13H26N2O4. The summed E-state index contributed by atoms with van der Waals surface area (Å²) in [5.74, 6) is -0.661. The Morgan fingerprint density at radius 3 is 1.47 bits per heavy atom. The van der Waals surface area contributed by atoms with E-state index in [2.05, 4.69) is 10.6 Å². The summed E-state index contributed by atoms with van der Waals surface area (Å²) in [5, 5.41) is 24.3. The minimum absolute atomic E-state index is 0.0368. The van der Waals surface area contributed by atoms with Gasteiger partial charge in [-0.2, -0.15) is 0 Å². The van der Waals surface area contributed by atoms with E-state index in [1.165, 1.54) is 0 Å². The molecule has 0 radical (unpaired) electrons. The van der Waals surface area contributed by atoms with Gasteiger partial charge in [-0.15, -0.1) is 0 Å². The highest BCUT2D eigenvalue weighted by Crippen LogP contribution is 2.08. The van der Waals surface area contributed by atoms with Crippen LogP contribution in [0.4, 0.5) is 0 Å². The van der Waals surface area contributed by atoms with Crippen molar-refractivity contribution in [2.24, 2.45) is 0 Å². The van der Waals surface area contributed by atoms with Crippen molar-refractivity contribution in [3.8, 4) is 0 Å². The number of amides is 2. The molecule has 0 fully saturated rings. The zero-order valence-electron chi connectivity index (χ0n) is 12.4. The molecule has 0 aromatic heterocycles. The average molecular weight is 274 g/mol. The van der Waals surface area contributed by atoms with Crippen LogP contribution in [0.15, 0.2) is 0 Å². The molecule has 0 atom stereocenters. The Labute approximate surface area is 114 Å². The quantitative estimate of drug-likeness (QED) is 0.501. The third-order valence-corrected chi connectivity index (χ3v) is 2.27. The molecule has 0 unspecified atom stereocenters. The lowest BCUT2D eigenvalue weighted by Crippen LogP contribution is -2.49. The van der Waals surface area contributed by atoms with E-state index in [-0.39, 0.29) is 24.7 Å². The average Bonchev–Trinajstić information content (AvgIpc) is 2.10. The molecule has 6 heteroatoms. The largest absolute Gasteiger partial charge is 0.390 e. The Morgan fingerprint density at radius 2 is 1.26 bits per heavy atom. The topological polar surface area (TPSA) is 98.7 Å². The van der Waals surface area contributed by atoms with Gasteiger partial charge in [0.25, 0.3) is 0 Å². The molecule has 0 spiro atoms. The summed E-state index contributed by atoms with van der Waals surface area (Å²) in [6.07, 6.45) is -0.0463. The van der Waals surface area contributed by atoms with Crippen LogP contribution >= 0.6 is 0 Å². The predicted octanol–water partition coefficient (Wildman–Crippen LogP) is 0.277. The Morgan fingerprint density at radius 1 is 0.947 bits per heavy atom. The number of rotatable bonds is 7. The van der Waals surface area contributed by atoms with Gasteiger partial charge in [0.2, 0.25) is 11.8 Å². The molecule has 112 valence electrons. The van der Waals surface area contributed by atoms with E-state index < -0.39 is 17.4 Å². The molecular weight excluding hydrogens is 248 g/mol. The van der Waals surface area contributed by atoms with Gasteiger partial charge in [-0.1, -0.05) is 6.92 Å². The van der Waals surface area contributed by atoms with E-state index in [1.54, 1.807) is 27.7 Å². The van der Waals surface area contributed by atoms with E-state index in [0.29, 0.717) is 6.42 Å². The molecule has 0 aliphatic carbocycles. The van der Waals surface area contributed by atoms with Crippen LogP contribution in [0.25, 0.3) is 0 Å². The number of carbonyl (C=O) groups excluding carboxylic acids is 2. The zero-order valence-corrected chi connectivity index (χ0v) is 12.4. The fourth-order valence-corrected chi connectivity index (χ4v) is 1.52. The van der Waals surface area contributed by atoms with E-state index in [1.807, 2.05) is 6.92 Å². The van der Waals surface area contributed by atoms with Crippen molar-refractivity contribution in [3.63, 3.8) is 0 Å². The number of aliphatic hydroxyl groups is 2. The number of hydrogen-bond donors (Lipinski definition) is 4. The van der Waals surface area contributed by atoms with Gasteiger partial charge in [-0.3, -0.25) is 9.59 Å². The second-order valence-electron chi connectivity index (χ2n) is 6.07.